The summed E-state index contributed by atoms with van der Waals surface area (Å²) in [7, 11) is 0.755. The molecule has 0 nitrogen and oxygen atoms in total. The molecule has 2 heteroatoms. The fraction of sp³-hybridized carbons (Fsp3) is 1.00. The van der Waals surface area contributed by atoms with Gasteiger partial charge < -0.3 is 0 Å². The molecule has 0 heterocycles. The molecule has 0 aliphatic heterocycles. The summed E-state index contributed by atoms with van der Waals surface area (Å²) >= 11 is 5.06. The Bertz CT molecular complexity index is 261. The van der Waals surface area contributed by atoms with E-state index in [0.717, 1.165) is 25.1 Å². The monoisotopic (exact) mass is 341 g/mol. The zero-order valence-electron chi connectivity index (χ0n) is 14.7. The van der Waals surface area contributed by atoms with Crippen LogP contribution in [0.1, 0.15) is 103 Å². The molecule has 128 valence electrons. The lowest BCUT2D eigenvalue weighted by atomic mass is 9.68. The molecule has 1 atom stereocenters. The minimum Gasteiger partial charge on any atom is -0.0533 e. The molecule has 0 N–H and O–H groups in total. The second-order valence-corrected chi connectivity index (χ2v) is 9.57. The molecule has 2 aliphatic rings. The zero-order chi connectivity index (χ0) is 15.5. The second-order valence-electron chi connectivity index (χ2n) is 7.91. The van der Waals surface area contributed by atoms with Crippen LogP contribution in [0.25, 0.3) is 0 Å². The fourth-order valence-electron chi connectivity index (χ4n) is 5.09. The van der Waals surface area contributed by atoms with Gasteiger partial charge in [0.2, 0.25) is 0 Å². The van der Waals surface area contributed by atoms with Crippen LogP contribution in [0.3, 0.4) is 0 Å². The van der Waals surface area contributed by atoms with Crippen LogP contribution < -0.4 is 0 Å². The summed E-state index contributed by atoms with van der Waals surface area (Å²) < 4.78 is 0. The molecular weight excluding hydrogens is 303 g/mol. The summed E-state index contributed by atoms with van der Waals surface area (Å²) in [4.78, 5) is 0. The third kappa shape index (κ3) is 6.96. The lowest BCUT2D eigenvalue weighted by Gasteiger charge is -2.38. The van der Waals surface area contributed by atoms with E-state index in [-0.39, 0.29) is 0 Å². The Morgan fingerprint density at radius 1 is 0.682 bits per heavy atom. The topological polar surface area (TPSA) is 0 Å². The minimum absolute atomic E-state index is 0.755. The van der Waals surface area contributed by atoms with Gasteiger partial charge >= 0.3 is 0 Å². The standard InChI is InChI=1S/C20H37PS/c22-21-17-11-3-1-2-10-16-20(18-12-6-4-7-13-18)19-14-8-5-9-15-19/h18-20H,1-17H2/p+1. The Morgan fingerprint density at radius 2 is 1.18 bits per heavy atom. The zero-order valence-corrected chi connectivity index (χ0v) is 16.5. The van der Waals surface area contributed by atoms with Crippen molar-refractivity contribution in [2.75, 3.05) is 6.16 Å². The van der Waals surface area contributed by atoms with Gasteiger partial charge in [0, 0.05) is 0 Å². The summed E-state index contributed by atoms with van der Waals surface area (Å²) in [5.74, 6) is 3.28. The van der Waals surface area contributed by atoms with Gasteiger partial charge in [-0.05, 0) is 37.0 Å². The molecule has 2 saturated carbocycles. The molecule has 22 heavy (non-hydrogen) atoms. The van der Waals surface area contributed by atoms with Gasteiger partial charge in [-0.3, -0.25) is 0 Å². The molecule has 0 bridgehead atoms. The van der Waals surface area contributed by atoms with Crippen LogP contribution in [0.5, 0.6) is 0 Å². The average Bonchev–Trinajstić information content (AvgIpc) is 2.59. The van der Waals surface area contributed by atoms with Crippen molar-refractivity contribution in [2.45, 2.75) is 103 Å². The highest BCUT2D eigenvalue weighted by molar-refractivity contribution is 7.96. The lowest BCUT2D eigenvalue weighted by Crippen LogP contribution is -2.27. The first-order chi connectivity index (χ1) is 10.9. The molecule has 0 saturated heterocycles. The summed E-state index contributed by atoms with van der Waals surface area (Å²) in [6.07, 6.45) is 25.5. The van der Waals surface area contributed by atoms with Crippen LogP contribution >= 0.6 is 7.36 Å². The van der Waals surface area contributed by atoms with E-state index < -0.39 is 0 Å². The molecule has 0 radical (unpaired) electrons. The van der Waals surface area contributed by atoms with E-state index in [1.54, 1.807) is 32.1 Å². The van der Waals surface area contributed by atoms with Crippen LogP contribution in [0.2, 0.25) is 0 Å². The number of hydrogen-bond acceptors (Lipinski definition) is 1. The summed E-state index contributed by atoms with van der Waals surface area (Å²) in [5.41, 5.74) is 0. The molecule has 2 rings (SSSR count). The average molecular weight is 342 g/mol. The van der Waals surface area contributed by atoms with Crippen molar-refractivity contribution in [3.05, 3.63) is 0 Å². The van der Waals surface area contributed by atoms with Crippen molar-refractivity contribution < 1.29 is 0 Å². The van der Waals surface area contributed by atoms with Crippen molar-refractivity contribution in [3.8, 4) is 0 Å². The minimum atomic E-state index is 0.755. The van der Waals surface area contributed by atoms with Crippen LogP contribution in [-0.4, -0.2) is 6.16 Å². The summed E-state index contributed by atoms with van der Waals surface area (Å²) in [6, 6.07) is 0. The maximum atomic E-state index is 5.06. The van der Waals surface area contributed by atoms with E-state index in [1.807, 2.05) is 0 Å². The van der Waals surface area contributed by atoms with Gasteiger partial charge in [0.25, 0.3) is 0 Å². The van der Waals surface area contributed by atoms with Gasteiger partial charge in [-0.2, -0.15) is 0 Å². The van der Waals surface area contributed by atoms with E-state index in [1.165, 1.54) is 76.8 Å². The van der Waals surface area contributed by atoms with E-state index in [0.29, 0.717) is 0 Å². The van der Waals surface area contributed by atoms with Crippen molar-refractivity contribution in [2.24, 2.45) is 17.8 Å². The van der Waals surface area contributed by atoms with E-state index >= 15 is 0 Å². The smallest absolute Gasteiger partial charge is 0.0533 e. The molecule has 2 fully saturated rings. The number of unbranched alkanes of at least 4 members (excludes halogenated alkanes) is 4. The largest absolute Gasteiger partial charge is 0.160 e. The maximum Gasteiger partial charge on any atom is 0.160 e. The Morgan fingerprint density at radius 3 is 1.73 bits per heavy atom. The predicted octanol–water partition coefficient (Wildman–Crippen LogP) is 7.24. The molecular formula is C20H38PS+. The first-order valence-corrected chi connectivity index (χ1v) is 12.6. The quantitative estimate of drug-likeness (QED) is 0.298. The highest BCUT2D eigenvalue weighted by Crippen LogP contribution is 2.42. The lowest BCUT2D eigenvalue weighted by molar-refractivity contribution is 0.131. The van der Waals surface area contributed by atoms with Crippen LogP contribution in [0.4, 0.5) is 0 Å². The van der Waals surface area contributed by atoms with E-state index in [4.69, 9.17) is 11.8 Å². The SMILES string of the molecule is S=[PH+]CCCCCCCC(C1CCCCC1)C1CCCCC1. The van der Waals surface area contributed by atoms with Gasteiger partial charge in [-0.1, -0.05) is 83.5 Å². The maximum absolute atomic E-state index is 5.06. The van der Waals surface area contributed by atoms with Gasteiger partial charge in [-0.15, -0.1) is 0 Å². The normalized spacial score (nSPS) is 21.7. The highest BCUT2D eigenvalue weighted by atomic mass is 32.4. The van der Waals surface area contributed by atoms with Crippen molar-refractivity contribution >= 4 is 19.2 Å². The number of hydrogen-bond donors (Lipinski definition) is 0. The Hall–Kier alpha value is 0.520. The molecule has 1 unspecified atom stereocenters. The van der Waals surface area contributed by atoms with Gasteiger partial charge in [0.1, 0.15) is 6.16 Å². The highest BCUT2D eigenvalue weighted by Gasteiger charge is 2.30. The van der Waals surface area contributed by atoms with Gasteiger partial charge in [-0.25, -0.2) is 0 Å². The fourth-order valence-corrected chi connectivity index (χ4v) is 5.92. The molecule has 0 aromatic rings. The molecule has 0 amide bonds. The van der Waals surface area contributed by atoms with Crippen LogP contribution in [0, 0.1) is 17.8 Å². The molecule has 2 aliphatic carbocycles. The third-order valence-electron chi connectivity index (χ3n) is 6.33. The van der Waals surface area contributed by atoms with Crippen LogP contribution in [0.15, 0.2) is 0 Å². The Labute approximate surface area is 146 Å². The van der Waals surface area contributed by atoms with Crippen molar-refractivity contribution in [3.63, 3.8) is 0 Å². The first kappa shape index (κ1) is 18.9. The van der Waals surface area contributed by atoms with Crippen LogP contribution in [-0.2, 0) is 11.8 Å². The third-order valence-corrected chi connectivity index (χ3v) is 7.50. The summed E-state index contributed by atoms with van der Waals surface area (Å²) in [6.45, 7) is 0. The number of rotatable bonds is 10. The summed E-state index contributed by atoms with van der Waals surface area (Å²) in [5, 5.41) is 0. The van der Waals surface area contributed by atoms with E-state index in [9.17, 15) is 0 Å². The predicted molar refractivity (Wildman–Crippen MR) is 105 cm³/mol. The van der Waals surface area contributed by atoms with Crippen molar-refractivity contribution in [1.29, 1.82) is 0 Å². The first-order valence-electron chi connectivity index (χ1n) is 10.3. The van der Waals surface area contributed by atoms with Gasteiger partial charge in [0.15, 0.2) is 19.2 Å². The molecule has 0 aromatic carbocycles. The second kappa shape index (κ2) is 12.0. The Balaban J connectivity index is 1.70. The molecule has 0 spiro atoms. The molecule has 0 aromatic heterocycles. The Kier molecular flexibility index (Phi) is 10.3. The van der Waals surface area contributed by atoms with Gasteiger partial charge in [0.05, 0.1) is 0 Å². The van der Waals surface area contributed by atoms with E-state index in [2.05, 4.69) is 0 Å². The van der Waals surface area contributed by atoms with Crippen molar-refractivity contribution in [1.82, 2.24) is 0 Å².